The molecular formula is C12H17ClN2O2S. The van der Waals surface area contributed by atoms with Gasteiger partial charge in [-0.2, -0.15) is 4.31 Å². The smallest absolute Gasteiger partial charge is 0.243 e. The molecule has 1 saturated heterocycles. The van der Waals surface area contributed by atoms with Crippen LogP contribution >= 0.6 is 11.6 Å². The second-order valence-electron chi connectivity index (χ2n) is 4.68. The summed E-state index contributed by atoms with van der Waals surface area (Å²) < 4.78 is 26.5. The Morgan fingerprint density at radius 2 is 1.83 bits per heavy atom. The van der Waals surface area contributed by atoms with Crippen molar-refractivity contribution in [3.05, 3.63) is 29.3 Å². The summed E-state index contributed by atoms with van der Waals surface area (Å²) in [7, 11) is -1.40. The number of hydrogen-bond donors (Lipinski definition) is 0. The van der Waals surface area contributed by atoms with Gasteiger partial charge in [-0.15, -0.1) is 0 Å². The number of piperazine rings is 1. The van der Waals surface area contributed by atoms with Gasteiger partial charge in [-0.25, -0.2) is 8.42 Å². The Balaban J connectivity index is 2.28. The van der Waals surface area contributed by atoms with E-state index in [0.717, 1.165) is 13.1 Å². The zero-order valence-electron chi connectivity index (χ0n) is 10.5. The van der Waals surface area contributed by atoms with E-state index in [4.69, 9.17) is 11.6 Å². The van der Waals surface area contributed by atoms with E-state index in [1.54, 1.807) is 28.6 Å². The first-order valence-corrected chi connectivity index (χ1v) is 7.69. The molecule has 1 atom stereocenters. The minimum absolute atomic E-state index is 0.00979. The third-order valence-corrected chi connectivity index (χ3v) is 5.47. The maximum atomic E-state index is 12.5. The number of hydrogen-bond acceptors (Lipinski definition) is 3. The zero-order valence-corrected chi connectivity index (χ0v) is 12.1. The lowest BCUT2D eigenvalue weighted by Gasteiger charge is -2.37. The van der Waals surface area contributed by atoms with Gasteiger partial charge in [-0.3, -0.25) is 0 Å². The van der Waals surface area contributed by atoms with Crippen molar-refractivity contribution in [2.24, 2.45) is 0 Å². The highest BCUT2D eigenvalue weighted by Crippen LogP contribution is 2.22. The standard InChI is InChI=1S/C12H17ClN2O2S/c1-10-9-14(2)7-8-15(10)18(16,17)12-5-3-11(13)4-6-12/h3-6,10H,7-9H2,1-2H3. The van der Waals surface area contributed by atoms with Crippen LogP contribution in [0.3, 0.4) is 0 Å². The summed E-state index contributed by atoms with van der Waals surface area (Å²) in [6.07, 6.45) is 0. The highest BCUT2D eigenvalue weighted by molar-refractivity contribution is 7.89. The lowest BCUT2D eigenvalue weighted by Crippen LogP contribution is -2.52. The first kappa shape index (κ1) is 13.8. The zero-order chi connectivity index (χ0) is 13.3. The second kappa shape index (κ2) is 5.17. The van der Waals surface area contributed by atoms with Gasteiger partial charge in [0, 0.05) is 30.7 Å². The fraction of sp³-hybridized carbons (Fsp3) is 0.500. The summed E-state index contributed by atoms with van der Waals surface area (Å²) in [6.45, 7) is 3.98. The molecule has 0 amide bonds. The van der Waals surface area contributed by atoms with Crippen LogP contribution < -0.4 is 0 Å². The van der Waals surface area contributed by atoms with Crippen molar-refractivity contribution in [3.63, 3.8) is 0 Å². The van der Waals surface area contributed by atoms with Crippen molar-refractivity contribution in [1.82, 2.24) is 9.21 Å². The van der Waals surface area contributed by atoms with Crippen LogP contribution in [0.15, 0.2) is 29.2 Å². The summed E-state index contributed by atoms with van der Waals surface area (Å²) in [6, 6.07) is 6.32. The van der Waals surface area contributed by atoms with Gasteiger partial charge in [0.1, 0.15) is 0 Å². The number of rotatable bonds is 2. The van der Waals surface area contributed by atoms with E-state index < -0.39 is 10.0 Å². The molecule has 1 unspecified atom stereocenters. The Morgan fingerprint density at radius 1 is 1.22 bits per heavy atom. The van der Waals surface area contributed by atoms with Crippen LogP contribution in [0.25, 0.3) is 0 Å². The molecule has 1 aromatic carbocycles. The van der Waals surface area contributed by atoms with Gasteiger partial charge in [0.2, 0.25) is 10.0 Å². The molecule has 6 heteroatoms. The topological polar surface area (TPSA) is 40.6 Å². The van der Waals surface area contributed by atoms with E-state index in [2.05, 4.69) is 4.90 Å². The number of sulfonamides is 1. The van der Waals surface area contributed by atoms with Crippen LogP contribution in [0.2, 0.25) is 5.02 Å². The monoisotopic (exact) mass is 288 g/mol. The highest BCUT2D eigenvalue weighted by atomic mass is 35.5. The van der Waals surface area contributed by atoms with E-state index in [9.17, 15) is 8.42 Å². The summed E-state index contributed by atoms with van der Waals surface area (Å²) >= 11 is 5.78. The van der Waals surface area contributed by atoms with Crippen molar-refractivity contribution >= 4 is 21.6 Å². The first-order chi connectivity index (χ1) is 8.41. The third-order valence-electron chi connectivity index (χ3n) is 3.19. The van der Waals surface area contributed by atoms with Gasteiger partial charge in [0.25, 0.3) is 0 Å². The normalized spacial score (nSPS) is 23.2. The molecule has 2 rings (SSSR count). The summed E-state index contributed by atoms with van der Waals surface area (Å²) in [5.74, 6) is 0. The average Bonchev–Trinajstić information content (AvgIpc) is 2.29. The average molecular weight is 289 g/mol. The fourth-order valence-electron chi connectivity index (χ4n) is 2.22. The predicted molar refractivity (Wildman–Crippen MR) is 72.3 cm³/mol. The Hall–Kier alpha value is -0.620. The van der Waals surface area contributed by atoms with Gasteiger partial charge < -0.3 is 4.90 Å². The molecule has 0 spiro atoms. The van der Waals surface area contributed by atoms with Gasteiger partial charge in [0.05, 0.1) is 4.90 Å². The lowest BCUT2D eigenvalue weighted by atomic mass is 10.2. The molecular weight excluding hydrogens is 272 g/mol. The number of likely N-dealkylation sites (N-methyl/N-ethyl adjacent to an activating group) is 1. The SMILES string of the molecule is CC1CN(C)CCN1S(=O)(=O)c1ccc(Cl)cc1. The maximum absolute atomic E-state index is 12.5. The summed E-state index contributed by atoms with van der Waals surface area (Å²) in [5.41, 5.74) is 0. The Labute approximate surface area is 113 Å². The van der Waals surface area contributed by atoms with E-state index >= 15 is 0 Å². The molecule has 1 fully saturated rings. The van der Waals surface area contributed by atoms with Crippen LogP contribution in [0.5, 0.6) is 0 Å². The van der Waals surface area contributed by atoms with Crippen LogP contribution in [-0.2, 0) is 10.0 Å². The molecule has 18 heavy (non-hydrogen) atoms. The molecule has 1 aliphatic heterocycles. The molecule has 1 aromatic rings. The molecule has 1 heterocycles. The molecule has 1 aliphatic rings. The minimum atomic E-state index is -3.40. The molecule has 100 valence electrons. The van der Waals surface area contributed by atoms with Crippen LogP contribution in [0.1, 0.15) is 6.92 Å². The van der Waals surface area contributed by atoms with Gasteiger partial charge in [-0.05, 0) is 38.2 Å². The van der Waals surface area contributed by atoms with E-state index in [1.165, 1.54) is 0 Å². The molecule has 0 bridgehead atoms. The van der Waals surface area contributed by atoms with E-state index in [0.29, 0.717) is 16.5 Å². The molecule has 0 N–H and O–H groups in total. The lowest BCUT2D eigenvalue weighted by molar-refractivity contribution is 0.170. The van der Waals surface area contributed by atoms with Crippen molar-refractivity contribution in [2.45, 2.75) is 17.9 Å². The van der Waals surface area contributed by atoms with Crippen molar-refractivity contribution < 1.29 is 8.42 Å². The quantitative estimate of drug-likeness (QED) is 0.831. The molecule has 0 aliphatic carbocycles. The highest BCUT2D eigenvalue weighted by Gasteiger charge is 2.32. The second-order valence-corrected chi connectivity index (χ2v) is 7.01. The largest absolute Gasteiger partial charge is 0.303 e. The Bertz CT molecular complexity index is 515. The molecule has 0 radical (unpaired) electrons. The Kier molecular flexibility index (Phi) is 3.96. The fourth-order valence-corrected chi connectivity index (χ4v) is 3.96. The van der Waals surface area contributed by atoms with Crippen LogP contribution in [0, 0.1) is 0 Å². The first-order valence-electron chi connectivity index (χ1n) is 5.87. The number of benzene rings is 1. The van der Waals surface area contributed by atoms with Gasteiger partial charge in [-0.1, -0.05) is 11.6 Å². The maximum Gasteiger partial charge on any atom is 0.243 e. The summed E-state index contributed by atoms with van der Waals surface area (Å²) in [5, 5.41) is 0.542. The molecule has 4 nitrogen and oxygen atoms in total. The number of halogens is 1. The van der Waals surface area contributed by atoms with E-state index in [-0.39, 0.29) is 6.04 Å². The summed E-state index contributed by atoms with van der Waals surface area (Å²) in [4.78, 5) is 2.45. The van der Waals surface area contributed by atoms with Crippen LogP contribution in [0.4, 0.5) is 0 Å². The molecule has 0 aromatic heterocycles. The minimum Gasteiger partial charge on any atom is -0.303 e. The van der Waals surface area contributed by atoms with Crippen molar-refractivity contribution in [2.75, 3.05) is 26.7 Å². The predicted octanol–water partition coefficient (Wildman–Crippen LogP) is 1.66. The van der Waals surface area contributed by atoms with Gasteiger partial charge >= 0.3 is 0 Å². The number of nitrogens with zero attached hydrogens (tertiary/aromatic N) is 2. The van der Waals surface area contributed by atoms with Crippen molar-refractivity contribution in [3.8, 4) is 0 Å². The molecule has 0 saturated carbocycles. The third kappa shape index (κ3) is 2.69. The Morgan fingerprint density at radius 3 is 2.39 bits per heavy atom. The van der Waals surface area contributed by atoms with E-state index in [1.807, 2.05) is 14.0 Å². The van der Waals surface area contributed by atoms with Crippen LogP contribution in [-0.4, -0.2) is 50.3 Å². The van der Waals surface area contributed by atoms with Gasteiger partial charge in [0.15, 0.2) is 0 Å². The van der Waals surface area contributed by atoms with Crippen molar-refractivity contribution in [1.29, 1.82) is 0 Å².